The lowest BCUT2D eigenvalue weighted by Crippen LogP contribution is -2.49. The molecule has 1 aromatic rings. The van der Waals surface area contributed by atoms with Gasteiger partial charge in [-0.25, -0.2) is 8.42 Å². The molecule has 0 amide bonds. The Balaban J connectivity index is 1.94. The van der Waals surface area contributed by atoms with Crippen molar-refractivity contribution in [2.75, 3.05) is 6.54 Å². The Morgan fingerprint density at radius 2 is 1.86 bits per heavy atom. The van der Waals surface area contributed by atoms with Crippen LogP contribution in [0.3, 0.4) is 0 Å². The lowest BCUT2D eigenvalue weighted by atomic mass is 9.79. The molecule has 0 radical (unpaired) electrons. The zero-order valence-corrected chi connectivity index (χ0v) is 14.9. The lowest BCUT2D eigenvalue weighted by Gasteiger charge is -2.43. The lowest BCUT2D eigenvalue weighted by molar-refractivity contribution is 0.129. The zero-order chi connectivity index (χ0) is 15.0. The number of hydrogen-bond donors (Lipinski definition) is 0. The van der Waals surface area contributed by atoms with E-state index in [0.717, 1.165) is 19.3 Å². The van der Waals surface area contributed by atoms with E-state index >= 15 is 0 Å². The molecule has 0 N–H and O–H groups in total. The van der Waals surface area contributed by atoms with Crippen molar-refractivity contribution in [2.24, 2.45) is 5.92 Å². The number of nitrogens with zero attached hydrogens (tertiary/aromatic N) is 1. The van der Waals surface area contributed by atoms with E-state index in [1.165, 1.54) is 19.3 Å². The minimum absolute atomic E-state index is 0.187. The fraction of sp³-hybridized carbons (Fsp3) is 0.600. The molecule has 3 rings (SSSR count). The van der Waals surface area contributed by atoms with Crippen LogP contribution >= 0.6 is 27.5 Å². The first-order valence-electron chi connectivity index (χ1n) is 7.47. The fourth-order valence-corrected chi connectivity index (χ4v) is 6.08. The molecule has 1 aliphatic heterocycles. The number of hydrogen-bond acceptors (Lipinski definition) is 2. The molecule has 0 aromatic heterocycles. The molecule has 2 fully saturated rings. The Bertz CT molecular complexity index is 633. The largest absolute Gasteiger partial charge is 0.243 e. The van der Waals surface area contributed by atoms with E-state index in [1.54, 1.807) is 22.5 Å². The topological polar surface area (TPSA) is 37.4 Å². The molecule has 1 aromatic carbocycles. The molecule has 1 heterocycles. The summed E-state index contributed by atoms with van der Waals surface area (Å²) in [6, 6.07) is 5.05. The molecule has 1 saturated heterocycles. The summed E-state index contributed by atoms with van der Waals surface area (Å²) >= 11 is 9.29. The number of benzene rings is 1. The van der Waals surface area contributed by atoms with Gasteiger partial charge in [0.05, 0.1) is 9.92 Å². The van der Waals surface area contributed by atoms with Crippen molar-refractivity contribution in [1.29, 1.82) is 0 Å². The summed E-state index contributed by atoms with van der Waals surface area (Å²) < 4.78 is 28.3. The average molecular weight is 393 g/mol. The second-order valence-electron chi connectivity index (χ2n) is 5.95. The minimum Gasteiger partial charge on any atom is -0.207 e. The summed E-state index contributed by atoms with van der Waals surface area (Å²) in [6.07, 6.45) is 6.68. The molecule has 1 saturated carbocycles. The van der Waals surface area contributed by atoms with Gasteiger partial charge in [-0.1, -0.05) is 24.4 Å². The summed E-state index contributed by atoms with van der Waals surface area (Å²) in [5.41, 5.74) is 0. The first-order chi connectivity index (χ1) is 10.00. The second kappa shape index (κ2) is 6.19. The molecule has 6 heteroatoms. The summed E-state index contributed by atoms with van der Waals surface area (Å²) in [7, 11) is -3.43. The van der Waals surface area contributed by atoms with Gasteiger partial charge in [-0.3, -0.25) is 0 Å². The fourth-order valence-electron chi connectivity index (χ4n) is 3.65. The van der Waals surface area contributed by atoms with Crippen molar-refractivity contribution in [2.45, 2.75) is 49.5 Å². The summed E-state index contributed by atoms with van der Waals surface area (Å²) in [4.78, 5) is 0.338. The van der Waals surface area contributed by atoms with Crippen molar-refractivity contribution in [3.63, 3.8) is 0 Å². The van der Waals surface area contributed by atoms with Crippen LogP contribution in [0.4, 0.5) is 0 Å². The monoisotopic (exact) mass is 391 g/mol. The average Bonchev–Trinajstić information content (AvgIpc) is 2.49. The molecule has 1 aliphatic carbocycles. The highest BCUT2D eigenvalue weighted by molar-refractivity contribution is 9.10. The highest BCUT2D eigenvalue weighted by atomic mass is 79.9. The highest BCUT2D eigenvalue weighted by Gasteiger charge is 2.39. The van der Waals surface area contributed by atoms with Crippen molar-refractivity contribution >= 4 is 37.6 Å². The van der Waals surface area contributed by atoms with Gasteiger partial charge >= 0.3 is 0 Å². The smallest absolute Gasteiger partial charge is 0.207 e. The Morgan fingerprint density at radius 3 is 2.62 bits per heavy atom. The van der Waals surface area contributed by atoms with Crippen molar-refractivity contribution in [3.05, 3.63) is 27.7 Å². The Morgan fingerprint density at radius 1 is 1.14 bits per heavy atom. The number of fused-ring (bicyclic) bond motifs is 1. The quantitative estimate of drug-likeness (QED) is 0.746. The maximum atomic E-state index is 13.0. The van der Waals surface area contributed by atoms with Crippen LogP contribution in [0.1, 0.15) is 38.5 Å². The van der Waals surface area contributed by atoms with Crippen LogP contribution in [0.25, 0.3) is 0 Å². The first-order valence-corrected chi connectivity index (χ1v) is 10.1. The Labute approximate surface area is 139 Å². The van der Waals surface area contributed by atoms with Gasteiger partial charge in [-0.2, -0.15) is 4.31 Å². The second-order valence-corrected chi connectivity index (χ2v) is 9.10. The normalized spacial score (nSPS) is 27.3. The minimum atomic E-state index is -3.43. The van der Waals surface area contributed by atoms with E-state index < -0.39 is 10.0 Å². The van der Waals surface area contributed by atoms with E-state index in [1.807, 2.05) is 0 Å². The molecule has 2 atom stereocenters. The van der Waals surface area contributed by atoms with E-state index in [2.05, 4.69) is 15.9 Å². The predicted molar refractivity (Wildman–Crippen MR) is 88.0 cm³/mol. The summed E-state index contributed by atoms with van der Waals surface area (Å²) in [5.74, 6) is 0.540. The van der Waals surface area contributed by atoms with Gasteiger partial charge in [0, 0.05) is 17.1 Å². The van der Waals surface area contributed by atoms with Crippen LogP contribution in [0.5, 0.6) is 0 Å². The first kappa shape index (κ1) is 15.8. The van der Waals surface area contributed by atoms with Gasteiger partial charge in [-0.05, 0) is 65.7 Å². The van der Waals surface area contributed by atoms with Gasteiger partial charge in [-0.15, -0.1) is 0 Å². The molecular formula is C15H19BrClNO2S. The van der Waals surface area contributed by atoms with Gasteiger partial charge in [0.1, 0.15) is 0 Å². The Hall–Kier alpha value is -0.100. The maximum absolute atomic E-state index is 13.0. The number of sulfonamides is 1. The molecule has 2 aliphatic rings. The van der Waals surface area contributed by atoms with Crippen LogP contribution < -0.4 is 0 Å². The molecule has 0 bridgehead atoms. The van der Waals surface area contributed by atoms with Crippen molar-refractivity contribution < 1.29 is 8.42 Å². The summed E-state index contributed by atoms with van der Waals surface area (Å²) in [5, 5.41) is 0.531. The summed E-state index contributed by atoms with van der Waals surface area (Å²) in [6.45, 7) is 0.643. The van der Waals surface area contributed by atoms with Gasteiger partial charge in [0.2, 0.25) is 10.0 Å². The predicted octanol–water partition coefficient (Wildman–Crippen LogP) is 4.45. The molecule has 3 nitrogen and oxygen atoms in total. The third-order valence-corrected chi connectivity index (χ3v) is 7.82. The third kappa shape index (κ3) is 3.03. The SMILES string of the molecule is O=S(=O)(c1ccc(Cl)c(Br)c1)N1CCCC2CCCCC21. The van der Waals surface area contributed by atoms with Crippen LogP contribution in [-0.2, 0) is 10.0 Å². The van der Waals surface area contributed by atoms with Crippen molar-refractivity contribution in [1.82, 2.24) is 4.31 Å². The Kier molecular flexibility index (Phi) is 4.65. The molecule has 116 valence electrons. The standard InChI is InChI=1S/C15H19BrClNO2S/c16-13-10-12(7-8-14(13)17)21(19,20)18-9-3-5-11-4-1-2-6-15(11)18/h7-8,10-11,15H,1-6,9H2. The maximum Gasteiger partial charge on any atom is 0.243 e. The van der Waals surface area contributed by atoms with Gasteiger partial charge in [0.25, 0.3) is 0 Å². The van der Waals surface area contributed by atoms with E-state index in [4.69, 9.17) is 11.6 Å². The van der Waals surface area contributed by atoms with Crippen LogP contribution in [0.2, 0.25) is 5.02 Å². The molecular weight excluding hydrogens is 374 g/mol. The molecule has 21 heavy (non-hydrogen) atoms. The van der Waals surface area contributed by atoms with Crippen LogP contribution in [-0.4, -0.2) is 25.3 Å². The van der Waals surface area contributed by atoms with E-state index in [9.17, 15) is 8.42 Å². The van der Waals surface area contributed by atoms with Crippen LogP contribution in [0.15, 0.2) is 27.6 Å². The van der Waals surface area contributed by atoms with E-state index in [-0.39, 0.29) is 6.04 Å². The number of piperidine rings is 1. The van der Waals surface area contributed by atoms with Crippen molar-refractivity contribution in [3.8, 4) is 0 Å². The third-order valence-electron chi connectivity index (χ3n) is 4.69. The number of rotatable bonds is 2. The molecule has 0 spiro atoms. The van der Waals surface area contributed by atoms with E-state index in [0.29, 0.717) is 26.9 Å². The molecule has 2 unspecified atom stereocenters. The van der Waals surface area contributed by atoms with Gasteiger partial charge in [0.15, 0.2) is 0 Å². The highest BCUT2D eigenvalue weighted by Crippen LogP contribution is 2.38. The zero-order valence-electron chi connectivity index (χ0n) is 11.8. The van der Waals surface area contributed by atoms with Crippen LogP contribution in [0, 0.1) is 5.92 Å². The number of halogens is 2. The van der Waals surface area contributed by atoms with Gasteiger partial charge < -0.3 is 0 Å².